The van der Waals surface area contributed by atoms with Crippen molar-refractivity contribution in [3.8, 4) is 0 Å². The van der Waals surface area contributed by atoms with E-state index in [-0.39, 0.29) is 21.6 Å². The molecule has 0 atom stereocenters. The summed E-state index contributed by atoms with van der Waals surface area (Å²) in [6, 6.07) is 0.297. The number of hydrogen-bond acceptors (Lipinski definition) is 6. The first-order valence-corrected chi connectivity index (χ1v) is 9.01. The monoisotopic (exact) mass is 374 g/mol. The zero-order chi connectivity index (χ0) is 18.1. The molecule has 0 radical (unpaired) electrons. The van der Waals surface area contributed by atoms with Crippen LogP contribution in [0.2, 0.25) is 10.6 Å². The van der Waals surface area contributed by atoms with Gasteiger partial charge in [-0.15, -0.1) is 0 Å². The molecule has 8 heteroatoms. The zero-order valence-electron chi connectivity index (χ0n) is 15.4. The Hall–Kier alpha value is -0.690. The van der Waals surface area contributed by atoms with E-state index in [4.69, 9.17) is 23.2 Å². The molecule has 0 aromatic carbocycles. The van der Waals surface area contributed by atoms with Gasteiger partial charge in [-0.1, -0.05) is 0 Å². The average molecular weight is 375 g/mol. The van der Waals surface area contributed by atoms with E-state index in [0.29, 0.717) is 12.0 Å². The average Bonchev–Trinajstić information content (AvgIpc) is 2.33. The van der Waals surface area contributed by atoms with Gasteiger partial charge in [-0.2, -0.15) is 15.0 Å². The highest BCUT2D eigenvalue weighted by Crippen LogP contribution is 2.33. The van der Waals surface area contributed by atoms with Crippen molar-refractivity contribution >= 4 is 29.2 Å². The van der Waals surface area contributed by atoms with Crippen molar-refractivity contribution in [3.63, 3.8) is 0 Å². The topological polar surface area (TPSA) is 57.2 Å². The first kappa shape index (κ1) is 19.6. The minimum Gasteiger partial charge on any atom is -0.336 e. The number of nitrogens with one attached hydrogen (secondary N) is 1. The molecule has 1 fully saturated rings. The molecule has 1 aromatic rings. The summed E-state index contributed by atoms with van der Waals surface area (Å²) >= 11 is 12.0. The molecule has 24 heavy (non-hydrogen) atoms. The molecule has 6 nitrogen and oxygen atoms in total. The summed E-state index contributed by atoms with van der Waals surface area (Å²) in [7, 11) is 4.11. The predicted molar refractivity (Wildman–Crippen MR) is 100 cm³/mol. The number of rotatable bonds is 5. The molecule has 136 valence electrons. The highest BCUT2D eigenvalue weighted by molar-refractivity contribution is 6.31. The number of piperidine rings is 1. The number of aromatic nitrogens is 3. The van der Waals surface area contributed by atoms with Gasteiger partial charge in [0.2, 0.25) is 16.5 Å². The second-order valence-corrected chi connectivity index (χ2v) is 8.80. The van der Waals surface area contributed by atoms with Gasteiger partial charge in [-0.3, -0.25) is 0 Å². The van der Waals surface area contributed by atoms with Crippen molar-refractivity contribution in [2.75, 3.05) is 32.1 Å². The minimum atomic E-state index is 0.0312. The Morgan fingerprint density at radius 1 is 0.958 bits per heavy atom. The van der Waals surface area contributed by atoms with Gasteiger partial charge in [0.25, 0.3) is 0 Å². The Morgan fingerprint density at radius 2 is 1.46 bits per heavy atom. The molecule has 0 amide bonds. The Labute approximate surface area is 155 Å². The molecule has 1 aliphatic rings. The van der Waals surface area contributed by atoms with Gasteiger partial charge in [0, 0.05) is 30.2 Å². The SMILES string of the molecule is CN(C)CCN(c1nc(Cl)nc(Cl)n1)C1CC(C)(C)NC(C)(C)C1. The molecule has 1 aliphatic heterocycles. The fourth-order valence-electron chi connectivity index (χ4n) is 3.69. The summed E-state index contributed by atoms with van der Waals surface area (Å²) in [5, 5.41) is 3.98. The summed E-state index contributed by atoms with van der Waals surface area (Å²) in [6.07, 6.45) is 1.98. The lowest BCUT2D eigenvalue weighted by Crippen LogP contribution is -2.62. The maximum atomic E-state index is 6.01. The largest absolute Gasteiger partial charge is 0.336 e. The fourth-order valence-corrected chi connectivity index (χ4v) is 4.04. The Kier molecular flexibility index (Phi) is 5.95. The van der Waals surface area contributed by atoms with Crippen LogP contribution in [0.15, 0.2) is 0 Å². The highest BCUT2D eigenvalue weighted by atomic mass is 35.5. The molecule has 0 aliphatic carbocycles. The highest BCUT2D eigenvalue weighted by Gasteiger charge is 2.40. The van der Waals surface area contributed by atoms with Crippen LogP contribution in [-0.4, -0.2) is 64.2 Å². The Balaban J connectivity index is 2.34. The number of likely N-dealkylation sites (N-methyl/N-ethyl adjacent to an activating group) is 1. The molecule has 0 bridgehead atoms. The molecular formula is C16H28Cl2N6. The lowest BCUT2D eigenvalue weighted by atomic mass is 9.79. The third-order valence-corrected chi connectivity index (χ3v) is 4.56. The number of nitrogens with zero attached hydrogens (tertiary/aromatic N) is 5. The number of halogens is 2. The van der Waals surface area contributed by atoms with E-state index in [1.54, 1.807) is 0 Å². The lowest BCUT2D eigenvalue weighted by Gasteiger charge is -2.49. The number of anilines is 1. The van der Waals surface area contributed by atoms with Gasteiger partial charge in [-0.25, -0.2) is 0 Å². The Morgan fingerprint density at radius 3 is 1.92 bits per heavy atom. The van der Waals surface area contributed by atoms with Gasteiger partial charge in [0.15, 0.2) is 0 Å². The second-order valence-electron chi connectivity index (χ2n) is 8.12. The van der Waals surface area contributed by atoms with E-state index < -0.39 is 0 Å². The van der Waals surface area contributed by atoms with Gasteiger partial charge in [0.1, 0.15) is 0 Å². The smallest absolute Gasteiger partial charge is 0.231 e. The van der Waals surface area contributed by atoms with Crippen molar-refractivity contribution in [2.24, 2.45) is 0 Å². The van der Waals surface area contributed by atoms with Gasteiger partial charge in [0.05, 0.1) is 0 Å². The molecule has 1 aromatic heterocycles. The lowest BCUT2D eigenvalue weighted by molar-refractivity contribution is 0.157. The second kappa shape index (κ2) is 7.28. The van der Waals surface area contributed by atoms with Crippen molar-refractivity contribution in [1.82, 2.24) is 25.2 Å². The summed E-state index contributed by atoms with van der Waals surface area (Å²) in [6.45, 7) is 10.6. The quantitative estimate of drug-likeness (QED) is 0.854. The maximum absolute atomic E-state index is 6.01. The van der Waals surface area contributed by atoms with Crippen molar-refractivity contribution in [1.29, 1.82) is 0 Å². The van der Waals surface area contributed by atoms with Crippen LogP contribution in [0.3, 0.4) is 0 Å². The fraction of sp³-hybridized carbons (Fsp3) is 0.812. The van der Waals surface area contributed by atoms with Crippen LogP contribution < -0.4 is 10.2 Å². The van der Waals surface area contributed by atoms with Gasteiger partial charge < -0.3 is 15.1 Å². The predicted octanol–water partition coefficient (Wildman–Crippen LogP) is 2.86. The standard InChI is InChI=1S/C16H28Cl2N6/c1-15(2)9-11(10-16(3,4)22-15)24(8-7-23(5)6)14-20-12(17)19-13(18)21-14/h11,22H,7-10H2,1-6H3. The van der Waals surface area contributed by atoms with Crippen LogP contribution in [-0.2, 0) is 0 Å². The molecular weight excluding hydrogens is 347 g/mol. The van der Waals surface area contributed by atoms with Crippen LogP contribution in [0.1, 0.15) is 40.5 Å². The summed E-state index contributed by atoms with van der Waals surface area (Å²) in [5.41, 5.74) is 0.0623. The van der Waals surface area contributed by atoms with Gasteiger partial charge >= 0.3 is 0 Å². The zero-order valence-corrected chi connectivity index (χ0v) is 16.9. The first-order valence-electron chi connectivity index (χ1n) is 8.25. The molecule has 2 heterocycles. The third-order valence-electron chi connectivity index (χ3n) is 4.22. The molecule has 2 rings (SSSR count). The van der Waals surface area contributed by atoms with Crippen LogP contribution in [0, 0.1) is 0 Å². The van der Waals surface area contributed by atoms with E-state index >= 15 is 0 Å². The van der Waals surface area contributed by atoms with E-state index in [2.05, 4.69) is 71.9 Å². The van der Waals surface area contributed by atoms with Crippen molar-refractivity contribution in [2.45, 2.75) is 57.7 Å². The van der Waals surface area contributed by atoms with Crippen LogP contribution in [0.5, 0.6) is 0 Å². The van der Waals surface area contributed by atoms with Crippen LogP contribution in [0.4, 0.5) is 5.95 Å². The molecule has 1 N–H and O–H groups in total. The molecule has 0 saturated carbocycles. The third kappa shape index (κ3) is 5.41. The normalized spacial score (nSPS) is 20.4. The molecule has 0 spiro atoms. The number of hydrogen-bond donors (Lipinski definition) is 1. The van der Waals surface area contributed by atoms with E-state index in [0.717, 1.165) is 25.9 Å². The van der Waals surface area contributed by atoms with Crippen molar-refractivity contribution in [3.05, 3.63) is 10.6 Å². The molecule has 0 unspecified atom stereocenters. The van der Waals surface area contributed by atoms with E-state index in [1.807, 2.05) is 0 Å². The maximum Gasteiger partial charge on any atom is 0.231 e. The van der Waals surface area contributed by atoms with Gasteiger partial charge in [-0.05, 0) is 77.8 Å². The molecule has 1 saturated heterocycles. The summed E-state index contributed by atoms with van der Waals surface area (Å²) in [4.78, 5) is 16.9. The van der Waals surface area contributed by atoms with E-state index in [9.17, 15) is 0 Å². The first-order chi connectivity index (χ1) is 11.0. The van der Waals surface area contributed by atoms with Crippen LogP contribution in [0.25, 0.3) is 0 Å². The summed E-state index contributed by atoms with van der Waals surface area (Å²) in [5.74, 6) is 0.556. The van der Waals surface area contributed by atoms with Crippen LogP contribution >= 0.6 is 23.2 Å². The van der Waals surface area contributed by atoms with Crippen molar-refractivity contribution < 1.29 is 0 Å². The van der Waals surface area contributed by atoms with E-state index in [1.165, 1.54) is 0 Å². The Bertz CT molecular complexity index is 539. The minimum absolute atomic E-state index is 0.0312. The summed E-state index contributed by atoms with van der Waals surface area (Å²) < 4.78 is 0.